The summed E-state index contributed by atoms with van der Waals surface area (Å²) in [5.41, 5.74) is 0.251. The summed E-state index contributed by atoms with van der Waals surface area (Å²) in [6.07, 6.45) is 2.14. The van der Waals surface area contributed by atoms with Crippen LogP contribution in [0.5, 0.6) is 0 Å². The van der Waals surface area contributed by atoms with Crippen LogP contribution in [0.3, 0.4) is 0 Å². The zero-order chi connectivity index (χ0) is 20.3. The number of nitrogens with one attached hydrogen (secondary N) is 1. The molecule has 2 amide bonds. The number of amides is 2. The number of carbonyl (C=O) groups excluding carboxylic acids is 3. The predicted octanol–water partition coefficient (Wildman–Crippen LogP) is 2.83. The van der Waals surface area contributed by atoms with Crippen molar-refractivity contribution >= 4 is 17.8 Å². The third-order valence-electron chi connectivity index (χ3n) is 5.26. The van der Waals surface area contributed by atoms with Crippen LogP contribution in [0.25, 0.3) is 0 Å². The van der Waals surface area contributed by atoms with Crippen molar-refractivity contribution in [2.24, 2.45) is 11.3 Å². The van der Waals surface area contributed by atoms with Crippen LogP contribution in [0, 0.1) is 11.3 Å². The second kappa shape index (κ2) is 8.33. The van der Waals surface area contributed by atoms with E-state index in [1.807, 2.05) is 43.9 Å². The van der Waals surface area contributed by atoms with Gasteiger partial charge in [-0.25, -0.2) is 0 Å². The molecule has 0 aromatic heterocycles. The normalized spacial score (nSPS) is 19.0. The molecule has 1 atom stereocenters. The summed E-state index contributed by atoms with van der Waals surface area (Å²) in [6.45, 7) is 6.79. The first kappa shape index (κ1) is 20.4. The van der Waals surface area contributed by atoms with Crippen LogP contribution in [0.4, 0.5) is 0 Å². The molecule has 1 aliphatic heterocycles. The number of likely N-dealkylation sites (tertiary alicyclic amines) is 1. The van der Waals surface area contributed by atoms with Gasteiger partial charge < -0.3 is 15.0 Å². The quantitative estimate of drug-likeness (QED) is 0.790. The Balaban J connectivity index is 1.61. The number of nitrogens with zero attached hydrogens (tertiary/aromatic N) is 1. The fraction of sp³-hybridized carbons (Fsp3) is 0.591. The lowest BCUT2D eigenvalue weighted by molar-refractivity contribution is -0.162. The van der Waals surface area contributed by atoms with Gasteiger partial charge in [0.15, 0.2) is 0 Å². The minimum absolute atomic E-state index is 0.102. The second-order valence-corrected chi connectivity index (χ2v) is 8.83. The lowest BCUT2D eigenvalue weighted by Crippen LogP contribution is -2.45. The number of benzene rings is 1. The van der Waals surface area contributed by atoms with Crippen LogP contribution in [0.2, 0.25) is 0 Å². The Kier molecular flexibility index (Phi) is 6.06. The average Bonchev–Trinajstić information content (AvgIpc) is 3.49. The summed E-state index contributed by atoms with van der Waals surface area (Å²) in [6, 6.07) is 9.32. The molecule has 2 fully saturated rings. The molecule has 1 heterocycles. The maximum Gasteiger partial charge on any atom is 0.310 e. The van der Waals surface area contributed by atoms with Gasteiger partial charge >= 0.3 is 5.97 Å². The van der Waals surface area contributed by atoms with Crippen molar-refractivity contribution in [3.05, 3.63) is 35.9 Å². The molecule has 1 saturated carbocycles. The van der Waals surface area contributed by atoms with Gasteiger partial charge in [-0.15, -0.1) is 0 Å². The Morgan fingerprint density at radius 3 is 2.18 bits per heavy atom. The van der Waals surface area contributed by atoms with E-state index in [0.29, 0.717) is 31.5 Å². The van der Waals surface area contributed by atoms with E-state index < -0.39 is 11.5 Å². The van der Waals surface area contributed by atoms with Crippen LogP contribution in [-0.2, 0) is 19.1 Å². The molecule has 0 bridgehead atoms. The number of piperidine rings is 1. The largest absolute Gasteiger partial charge is 0.447 e. The van der Waals surface area contributed by atoms with E-state index in [2.05, 4.69) is 5.32 Å². The SMILES string of the molecule is CC(C)(C)C(=O)N1CCC(C(=O)OC(C(=O)NC2CC2)c2ccccc2)CC1. The van der Waals surface area contributed by atoms with Crippen molar-refractivity contribution < 1.29 is 19.1 Å². The van der Waals surface area contributed by atoms with Gasteiger partial charge in [-0.2, -0.15) is 0 Å². The summed E-state index contributed by atoms with van der Waals surface area (Å²) < 4.78 is 5.68. The van der Waals surface area contributed by atoms with Gasteiger partial charge in [0.2, 0.25) is 12.0 Å². The average molecular weight is 386 g/mol. The highest BCUT2D eigenvalue weighted by atomic mass is 16.5. The Bertz CT molecular complexity index is 714. The summed E-state index contributed by atoms with van der Waals surface area (Å²) in [4.78, 5) is 39.6. The fourth-order valence-corrected chi connectivity index (χ4v) is 3.41. The van der Waals surface area contributed by atoms with Crippen molar-refractivity contribution in [3.63, 3.8) is 0 Å². The summed E-state index contributed by atoms with van der Waals surface area (Å²) in [5, 5.41) is 2.93. The predicted molar refractivity (Wildman–Crippen MR) is 105 cm³/mol. The van der Waals surface area contributed by atoms with Gasteiger partial charge in [-0.1, -0.05) is 51.1 Å². The molecule has 1 unspecified atom stereocenters. The van der Waals surface area contributed by atoms with E-state index in [9.17, 15) is 14.4 Å². The molecule has 1 saturated heterocycles. The van der Waals surface area contributed by atoms with E-state index in [-0.39, 0.29) is 29.7 Å². The number of esters is 1. The minimum atomic E-state index is -0.927. The molecule has 1 aromatic rings. The Morgan fingerprint density at radius 2 is 1.64 bits per heavy atom. The van der Waals surface area contributed by atoms with E-state index in [0.717, 1.165) is 12.8 Å². The van der Waals surface area contributed by atoms with Gasteiger partial charge in [0, 0.05) is 30.1 Å². The van der Waals surface area contributed by atoms with Crippen LogP contribution < -0.4 is 5.32 Å². The van der Waals surface area contributed by atoms with Gasteiger partial charge in [0.1, 0.15) is 0 Å². The second-order valence-electron chi connectivity index (χ2n) is 8.83. The number of hydrogen-bond acceptors (Lipinski definition) is 4. The van der Waals surface area contributed by atoms with Gasteiger partial charge in [0.25, 0.3) is 5.91 Å². The van der Waals surface area contributed by atoms with Crippen molar-refractivity contribution in [2.75, 3.05) is 13.1 Å². The number of rotatable bonds is 5. The highest BCUT2D eigenvalue weighted by molar-refractivity contribution is 5.86. The fourth-order valence-electron chi connectivity index (χ4n) is 3.41. The van der Waals surface area contributed by atoms with Crippen LogP contribution in [0.1, 0.15) is 58.1 Å². The number of carbonyl (C=O) groups is 3. The first-order chi connectivity index (χ1) is 13.3. The van der Waals surface area contributed by atoms with Crippen molar-refractivity contribution in [3.8, 4) is 0 Å². The molecule has 6 nitrogen and oxygen atoms in total. The third-order valence-corrected chi connectivity index (χ3v) is 5.26. The molecule has 0 radical (unpaired) electrons. The molecule has 3 rings (SSSR count). The Morgan fingerprint density at radius 1 is 1.04 bits per heavy atom. The lowest BCUT2D eigenvalue weighted by atomic mass is 9.91. The number of ether oxygens (including phenoxy) is 1. The highest BCUT2D eigenvalue weighted by Gasteiger charge is 2.36. The standard InChI is InChI=1S/C22H30N2O4/c1-22(2,3)21(27)24-13-11-16(12-14-24)20(26)28-18(15-7-5-4-6-8-15)19(25)23-17-9-10-17/h4-8,16-18H,9-14H2,1-3H3,(H,23,25). The zero-order valence-corrected chi connectivity index (χ0v) is 16.9. The first-order valence-electron chi connectivity index (χ1n) is 10.1. The molecular weight excluding hydrogens is 356 g/mol. The molecule has 28 heavy (non-hydrogen) atoms. The Hall–Kier alpha value is -2.37. The Labute approximate surface area is 166 Å². The molecule has 6 heteroatoms. The number of hydrogen-bond donors (Lipinski definition) is 1. The van der Waals surface area contributed by atoms with E-state index >= 15 is 0 Å². The monoisotopic (exact) mass is 386 g/mol. The van der Waals surface area contributed by atoms with Crippen molar-refractivity contribution in [1.82, 2.24) is 10.2 Å². The molecule has 2 aliphatic rings. The molecule has 1 aliphatic carbocycles. The molecule has 1 N–H and O–H groups in total. The molecule has 152 valence electrons. The van der Waals surface area contributed by atoms with Crippen molar-refractivity contribution in [2.45, 2.75) is 58.6 Å². The topological polar surface area (TPSA) is 75.7 Å². The van der Waals surface area contributed by atoms with Crippen LogP contribution in [0.15, 0.2) is 30.3 Å². The van der Waals surface area contributed by atoms with E-state index in [1.54, 1.807) is 12.1 Å². The minimum Gasteiger partial charge on any atom is -0.447 e. The third kappa shape index (κ3) is 5.12. The lowest BCUT2D eigenvalue weighted by Gasteiger charge is -2.35. The van der Waals surface area contributed by atoms with Gasteiger partial charge in [-0.3, -0.25) is 14.4 Å². The summed E-state index contributed by atoms with van der Waals surface area (Å²) in [7, 11) is 0. The van der Waals surface area contributed by atoms with Gasteiger partial charge in [-0.05, 0) is 25.7 Å². The highest BCUT2D eigenvalue weighted by Crippen LogP contribution is 2.28. The van der Waals surface area contributed by atoms with Crippen LogP contribution in [-0.4, -0.2) is 41.8 Å². The molecular formula is C22H30N2O4. The first-order valence-corrected chi connectivity index (χ1v) is 10.1. The van der Waals surface area contributed by atoms with E-state index in [1.165, 1.54) is 0 Å². The maximum atomic E-state index is 12.8. The summed E-state index contributed by atoms with van der Waals surface area (Å²) >= 11 is 0. The van der Waals surface area contributed by atoms with Crippen molar-refractivity contribution in [1.29, 1.82) is 0 Å². The summed E-state index contributed by atoms with van der Waals surface area (Å²) in [5.74, 6) is -0.806. The maximum absolute atomic E-state index is 12.8. The molecule has 1 aromatic carbocycles. The van der Waals surface area contributed by atoms with Gasteiger partial charge in [0.05, 0.1) is 5.92 Å². The zero-order valence-electron chi connectivity index (χ0n) is 16.9. The molecule has 0 spiro atoms. The van der Waals surface area contributed by atoms with Crippen LogP contribution >= 0.6 is 0 Å². The van der Waals surface area contributed by atoms with E-state index in [4.69, 9.17) is 4.74 Å². The smallest absolute Gasteiger partial charge is 0.310 e.